The largest absolute Gasteiger partial charge is 0.355 e. The first-order chi connectivity index (χ1) is 11.0. The molecule has 6 heteroatoms. The molecule has 0 aromatic carbocycles. The second-order valence-electron chi connectivity index (χ2n) is 6.32. The molecule has 2 amide bonds. The van der Waals surface area contributed by atoms with E-state index in [1.165, 1.54) is 0 Å². The molecule has 0 spiro atoms. The molecule has 3 N–H and O–H groups in total. The molecular formula is C17H36N4O2. The van der Waals surface area contributed by atoms with Crippen LogP contribution in [0, 0.1) is 0 Å². The Kier molecular flexibility index (Phi) is 13.7. The first kappa shape index (κ1) is 21.9. The highest BCUT2D eigenvalue weighted by Gasteiger charge is 2.04. The van der Waals surface area contributed by atoms with Crippen LogP contribution in [0.15, 0.2) is 0 Å². The van der Waals surface area contributed by atoms with Crippen LogP contribution in [0.5, 0.6) is 0 Å². The molecule has 136 valence electrons. The van der Waals surface area contributed by atoms with Gasteiger partial charge in [0.25, 0.3) is 0 Å². The first-order valence-corrected chi connectivity index (χ1v) is 8.91. The number of hydrogen-bond donors (Lipinski definition) is 3. The highest BCUT2D eigenvalue weighted by molar-refractivity contribution is 5.76. The Morgan fingerprint density at radius 1 is 0.913 bits per heavy atom. The van der Waals surface area contributed by atoms with Crippen LogP contribution in [0.4, 0.5) is 0 Å². The molecule has 0 fully saturated rings. The summed E-state index contributed by atoms with van der Waals surface area (Å²) in [6.07, 6.45) is 4.01. The predicted octanol–water partition coefficient (Wildman–Crippen LogP) is 1.12. The molecule has 0 rings (SSSR count). The maximum Gasteiger partial charge on any atom is 0.220 e. The van der Waals surface area contributed by atoms with Crippen molar-refractivity contribution >= 4 is 11.8 Å². The number of rotatable bonds is 14. The molecule has 0 saturated heterocycles. The van der Waals surface area contributed by atoms with Crippen molar-refractivity contribution in [3.8, 4) is 0 Å². The van der Waals surface area contributed by atoms with Gasteiger partial charge in [-0.05, 0) is 32.9 Å². The molecule has 0 aromatic heterocycles. The first-order valence-electron chi connectivity index (χ1n) is 8.91. The van der Waals surface area contributed by atoms with Gasteiger partial charge in [0.05, 0.1) is 0 Å². The number of unbranched alkanes of at least 4 members (excludes halogenated alkanes) is 1. The summed E-state index contributed by atoms with van der Waals surface area (Å²) in [5, 5.41) is 9.18. The number of likely N-dealkylation sites (N-methyl/N-ethyl adjacent to an activating group) is 1. The van der Waals surface area contributed by atoms with Gasteiger partial charge in [-0.25, -0.2) is 0 Å². The lowest BCUT2D eigenvalue weighted by molar-refractivity contribution is -0.121. The second-order valence-corrected chi connectivity index (χ2v) is 6.32. The highest BCUT2D eigenvalue weighted by Crippen LogP contribution is 1.94. The Balaban J connectivity index is 3.46. The van der Waals surface area contributed by atoms with Crippen LogP contribution >= 0.6 is 0 Å². The molecule has 0 heterocycles. The molecule has 0 aliphatic carbocycles. The van der Waals surface area contributed by atoms with Crippen molar-refractivity contribution in [2.24, 2.45) is 0 Å². The summed E-state index contributed by atoms with van der Waals surface area (Å²) in [6.45, 7) is 10.1. The molecule has 0 aliphatic heterocycles. The molecule has 0 atom stereocenters. The predicted molar refractivity (Wildman–Crippen MR) is 95.4 cm³/mol. The van der Waals surface area contributed by atoms with Gasteiger partial charge in [0.15, 0.2) is 0 Å². The van der Waals surface area contributed by atoms with E-state index < -0.39 is 0 Å². The van der Waals surface area contributed by atoms with Gasteiger partial charge in [0.2, 0.25) is 11.8 Å². The molecule has 0 radical (unpaired) electrons. The fourth-order valence-corrected chi connectivity index (χ4v) is 2.09. The van der Waals surface area contributed by atoms with Crippen LogP contribution in [-0.2, 0) is 9.59 Å². The average Bonchev–Trinajstić information content (AvgIpc) is 2.46. The van der Waals surface area contributed by atoms with E-state index in [0.29, 0.717) is 32.0 Å². The average molecular weight is 329 g/mol. The lowest BCUT2D eigenvalue weighted by Gasteiger charge is -2.17. The van der Waals surface area contributed by atoms with Crippen LogP contribution in [0.3, 0.4) is 0 Å². The molecule has 0 saturated carbocycles. The summed E-state index contributed by atoms with van der Waals surface area (Å²) in [4.78, 5) is 25.1. The Bertz CT molecular complexity index is 322. The van der Waals surface area contributed by atoms with E-state index in [1.54, 1.807) is 0 Å². The standard InChI is InChI=1S/C17H36N4O2/c1-5-8-16(22)19-11-13-21(4)14-12-20-17(23)9-6-7-10-18-15(2)3/h15,18H,5-14H2,1-4H3,(H,19,22)(H,20,23). The fourth-order valence-electron chi connectivity index (χ4n) is 2.09. The molecule has 23 heavy (non-hydrogen) atoms. The number of carbonyl (C=O) groups excluding carboxylic acids is 2. The van der Waals surface area contributed by atoms with Gasteiger partial charge in [-0.1, -0.05) is 20.8 Å². The van der Waals surface area contributed by atoms with Crippen LogP contribution in [-0.4, -0.2) is 62.5 Å². The number of carbonyl (C=O) groups is 2. The lowest BCUT2D eigenvalue weighted by Crippen LogP contribution is -2.37. The lowest BCUT2D eigenvalue weighted by atomic mass is 10.2. The van der Waals surface area contributed by atoms with Crippen molar-refractivity contribution in [1.82, 2.24) is 20.9 Å². The Hall–Kier alpha value is -1.14. The van der Waals surface area contributed by atoms with E-state index in [2.05, 4.69) is 34.7 Å². The van der Waals surface area contributed by atoms with E-state index in [0.717, 1.165) is 38.9 Å². The van der Waals surface area contributed by atoms with Gasteiger partial charge in [-0.3, -0.25) is 9.59 Å². The monoisotopic (exact) mass is 328 g/mol. The van der Waals surface area contributed by atoms with Crippen LogP contribution in [0.25, 0.3) is 0 Å². The third-order valence-corrected chi connectivity index (χ3v) is 3.49. The van der Waals surface area contributed by atoms with Gasteiger partial charge in [0.1, 0.15) is 0 Å². The summed E-state index contributed by atoms with van der Waals surface area (Å²) in [6, 6.07) is 0.506. The smallest absolute Gasteiger partial charge is 0.220 e. The topological polar surface area (TPSA) is 73.5 Å². The maximum atomic E-state index is 11.7. The molecular weight excluding hydrogens is 292 g/mol. The Labute approximate surface area is 141 Å². The summed E-state index contributed by atoms with van der Waals surface area (Å²) in [5.41, 5.74) is 0. The van der Waals surface area contributed by atoms with Crippen molar-refractivity contribution in [1.29, 1.82) is 0 Å². The number of nitrogens with one attached hydrogen (secondary N) is 3. The van der Waals surface area contributed by atoms with Crippen molar-refractivity contribution in [2.75, 3.05) is 39.8 Å². The van der Waals surface area contributed by atoms with E-state index in [4.69, 9.17) is 0 Å². The maximum absolute atomic E-state index is 11.7. The van der Waals surface area contributed by atoms with Gasteiger partial charge < -0.3 is 20.9 Å². The fraction of sp³-hybridized carbons (Fsp3) is 0.882. The van der Waals surface area contributed by atoms with E-state index in [9.17, 15) is 9.59 Å². The minimum Gasteiger partial charge on any atom is -0.355 e. The number of hydrogen-bond acceptors (Lipinski definition) is 4. The van der Waals surface area contributed by atoms with Gasteiger partial charge in [0, 0.05) is 45.1 Å². The molecule has 6 nitrogen and oxygen atoms in total. The summed E-state index contributed by atoms with van der Waals surface area (Å²) in [7, 11) is 2.00. The van der Waals surface area contributed by atoms with Crippen molar-refractivity contribution in [2.45, 2.75) is 58.9 Å². The number of amides is 2. The van der Waals surface area contributed by atoms with E-state index in [-0.39, 0.29) is 11.8 Å². The van der Waals surface area contributed by atoms with Crippen LogP contribution in [0.1, 0.15) is 52.9 Å². The molecule has 0 aliphatic rings. The summed E-state index contributed by atoms with van der Waals surface area (Å²) < 4.78 is 0. The highest BCUT2D eigenvalue weighted by atomic mass is 16.2. The third-order valence-electron chi connectivity index (χ3n) is 3.49. The van der Waals surface area contributed by atoms with E-state index >= 15 is 0 Å². The zero-order valence-corrected chi connectivity index (χ0v) is 15.4. The quantitative estimate of drug-likeness (QED) is 0.418. The zero-order valence-electron chi connectivity index (χ0n) is 15.4. The minimum atomic E-state index is 0.112. The van der Waals surface area contributed by atoms with Gasteiger partial charge >= 0.3 is 0 Å². The SMILES string of the molecule is CCCC(=O)NCCN(C)CCNC(=O)CCCCNC(C)C. The van der Waals surface area contributed by atoms with Gasteiger partial charge in [-0.2, -0.15) is 0 Å². The third kappa shape index (κ3) is 15.5. The van der Waals surface area contributed by atoms with Crippen molar-refractivity contribution in [3.05, 3.63) is 0 Å². The van der Waals surface area contributed by atoms with Gasteiger partial charge in [-0.15, -0.1) is 0 Å². The second kappa shape index (κ2) is 14.5. The normalized spacial score (nSPS) is 11.0. The van der Waals surface area contributed by atoms with Crippen molar-refractivity contribution in [3.63, 3.8) is 0 Å². The summed E-state index contributed by atoms with van der Waals surface area (Å²) in [5.74, 6) is 0.236. The van der Waals surface area contributed by atoms with E-state index in [1.807, 2.05) is 14.0 Å². The number of nitrogens with zero attached hydrogens (tertiary/aromatic N) is 1. The minimum absolute atomic E-state index is 0.112. The molecule has 0 bridgehead atoms. The van der Waals surface area contributed by atoms with Crippen LogP contribution in [0.2, 0.25) is 0 Å². The molecule has 0 aromatic rings. The Morgan fingerprint density at radius 2 is 1.48 bits per heavy atom. The zero-order chi connectivity index (χ0) is 17.5. The summed E-state index contributed by atoms with van der Waals surface area (Å²) >= 11 is 0. The van der Waals surface area contributed by atoms with Crippen molar-refractivity contribution < 1.29 is 9.59 Å². The Morgan fingerprint density at radius 3 is 2.00 bits per heavy atom. The van der Waals surface area contributed by atoms with Crippen LogP contribution < -0.4 is 16.0 Å². The molecule has 0 unspecified atom stereocenters.